The maximum Gasteiger partial charge on any atom is 0.409 e. The molecule has 0 aliphatic heterocycles. The molecule has 0 amide bonds. The van der Waals surface area contributed by atoms with Crippen molar-refractivity contribution in [3.8, 4) is 0 Å². The lowest BCUT2D eigenvalue weighted by atomic mass is 10.4. The third kappa shape index (κ3) is 4.70. The maximum atomic E-state index is 9.95. The van der Waals surface area contributed by atoms with E-state index in [-0.39, 0.29) is 0 Å². The van der Waals surface area contributed by atoms with Crippen LogP contribution in [-0.2, 0) is 14.5 Å². The van der Waals surface area contributed by atoms with Crippen molar-refractivity contribution < 1.29 is 34.9 Å². The van der Waals surface area contributed by atoms with Crippen molar-refractivity contribution in [2.75, 3.05) is 6.61 Å². The van der Waals surface area contributed by atoms with Gasteiger partial charge in [0.05, 0.1) is 6.42 Å². The summed E-state index contributed by atoms with van der Waals surface area (Å²) in [6.07, 6.45) is -1.02. The fourth-order valence-electron chi connectivity index (χ4n) is 0.665. The molecule has 0 spiro atoms. The molecular weight excluding hydrogens is 238 g/mol. The molecule has 0 aromatic rings. The lowest BCUT2D eigenvalue weighted by Crippen LogP contribution is -2.45. The topological polar surface area (TPSA) is 177 Å². The van der Waals surface area contributed by atoms with E-state index in [1.54, 1.807) is 0 Å². The molecule has 92 valence electrons. The van der Waals surface area contributed by atoms with Gasteiger partial charge in [-0.05, 0) is 0 Å². The fourth-order valence-corrected chi connectivity index (χ4v) is 0.665. The first kappa shape index (κ1) is 13.6. The Labute approximate surface area is 85.4 Å². The van der Waals surface area contributed by atoms with Crippen LogP contribution in [0, 0.1) is 30.3 Å². The van der Waals surface area contributed by atoms with Crippen LogP contribution >= 0.6 is 0 Å². The molecule has 16 heavy (non-hydrogen) atoms. The van der Waals surface area contributed by atoms with E-state index in [0.717, 1.165) is 0 Å². The van der Waals surface area contributed by atoms with Crippen molar-refractivity contribution in [2.45, 2.75) is 12.4 Å². The van der Waals surface area contributed by atoms with Gasteiger partial charge in [0.2, 0.25) is 0 Å². The van der Waals surface area contributed by atoms with Crippen molar-refractivity contribution in [3.05, 3.63) is 30.3 Å². The van der Waals surface area contributed by atoms with Crippen molar-refractivity contribution in [1.29, 1.82) is 0 Å². The first-order chi connectivity index (χ1) is 7.31. The summed E-state index contributed by atoms with van der Waals surface area (Å²) in [6, 6.07) is 0. The minimum Gasteiger partial charge on any atom is -0.396 e. The van der Waals surface area contributed by atoms with E-state index in [2.05, 4.69) is 14.5 Å². The molecule has 13 heteroatoms. The van der Waals surface area contributed by atoms with Crippen LogP contribution in [0.3, 0.4) is 0 Å². The predicted octanol–water partition coefficient (Wildman–Crippen LogP) is -1.35. The predicted molar refractivity (Wildman–Crippen MR) is 38.7 cm³/mol. The Morgan fingerprint density at radius 2 is 1.25 bits per heavy atom. The Hall–Kier alpha value is -2.44. The molecule has 1 N–H and O–H groups in total. The minimum absolute atomic E-state index is 0.949. The average molecular weight is 243 g/mol. The summed E-state index contributed by atoms with van der Waals surface area (Å²) >= 11 is 0. The van der Waals surface area contributed by atoms with Crippen LogP contribution in [0.15, 0.2) is 0 Å². The van der Waals surface area contributed by atoms with E-state index in [1.807, 2.05) is 0 Å². The molecule has 0 aromatic heterocycles. The second-order valence-corrected chi connectivity index (χ2v) is 2.10. The molecule has 0 atom stereocenters. The van der Waals surface area contributed by atoms with Gasteiger partial charge >= 0.3 is 5.97 Å². The molecule has 0 saturated carbocycles. The van der Waals surface area contributed by atoms with Gasteiger partial charge in [-0.1, -0.05) is 0 Å². The van der Waals surface area contributed by atoms with Gasteiger partial charge in [-0.2, -0.15) is 0 Å². The van der Waals surface area contributed by atoms with Crippen LogP contribution < -0.4 is 0 Å². The Kier molecular flexibility index (Phi) is 4.61. The number of rotatable bonds is 8. The second-order valence-electron chi connectivity index (χ2n) is 2.10. The Bertz CT molecular complexity index is 248. The molecule has 0 aliphatic carbocycles. The molecule has 0 fully saturated rings. The van der Waals surface area contributed by atoms with Crippen LogP contribution in [0.4, 0.5) is 0 Å². The van der Waals surface area contributed by atoms with Gasteiger partial charge in [0.25, 0.3) is 15.3 Å². The Morgan fingerprint density at radius 1 is 0.938 bits per heavy atom. The molecule has 13 nitrogen and oxygen atoms in total. The highest BCUT2D eigenvalue weighted by atomic mass is 17.2. The first-order valence-electron chi connectivity index (χ1n) is 3.43. The number of hydrogen-bond acceptors (Lipinski definition) is 10. The largest absolute Gasteiger partial charge is 0.409 e. The Balaban J connectivity index is 4.93. The highest BCUT2D eigenvalue weighted by molar-refractivity contribution is 4.49. The monoisotopic (exact) mass is 243 g/mol. The van der Waals surface area contributed by atoms with E-state index in [9.17, 15) is 30.3 Å². The van der Waals surface area contributed by atoms with E-state index in [1.165, 1.54) is 0 Å². The highest BCUT2D eigenvalue weighted by Crippen LogP contribution is 2.20. The number of aliphatic hydroxyl groups excluding tert-OH is 1. The zero-order chi connectivity index (χ0) is 12.8. The van der Waals surface area contributed by atoms with Gasteiger partial charge in [0, 0.05) is 6.61 Å². The van der Waals surface area contributed by atoms with Gasteiger partial charge in [-0.15, -0.1) is 30.3 Å². The third-order valence-corrected chi connectivity index (χ3v) is 1.06. The summed E-state index contributed by atoms with van der Waals surface area (Å²) in [5.41, 5.74) is 0. The number of aliphatic hydroxyl groups is 1. The summed E-state index contributed by atoms with van der Waals surface area (Å²) in [4.78, 5) is 40.5. The maximum absolute atomic E-state index is 9.95. The zero-order valence-electron chi connectivity index (χ0n) is 7.38. The van der Waals surface area contributed by atoms with Crippen LogP contribution in [0.25, 0.3) is 0 Å². The van der Waals surface area contributed by atoms with Gasteiger partial charge in [0.15, 0.2) is 0 Å². The second kappa shape index (κ2) is 5.44. The quantitative estimate of drug-likeness (QED) is 0.304. The molecule has 0 aliphatic rings. The molecule has 0 radical (unpaired) electrons. The van der Waals surface area contributed by atoms with Gasteiger partial charge in [0.1, 0.15) is 0 Å². The lowest BCUT2D eigenvalue weighted by molar-refractivity contribution is -0.955. The van der Waals surface area contributed by atoms with Crippen molar-refractivity contribution in [2.24, 2.45) is 0 Å². The molecule has 0 unspecified atom stereocenters. The van der Waals surface area contributed by atoms with Crippen LogP contribution in [0.2, 0.25) is 0 Å². The van der Waals surface area contributed by atoms with Gasteiger partial charge in [-0.3, -0.25) is 14.5 Å². The molecule has 0 bridgehead atoms. The van der Waals surface area contributed by atoms with Crippen molar-refractivity contribution in [3.63, 3.8) is 0 Å². The lowest BCUT2D eigenvalue weighted by Gasteiger charge is -2.24. The highest BCUT2D eigenvalue weighted by Gasteiger charge is 2.43. The van der Waals surface area contributed by atoms with E-state index < -0.39 is 34.3 Å². The third-order valence-electron chi connectivity index (χ3n) is 1.06. The summed E-state index contributed by atoms with van der Waals surface area (Å²) in [5, 5.41) is 33.5. The molecule has 0 saturated heterocycles. The number of hydrogen-bond donors (Lipinski definition) is 1. The van der Waals surface area contributed by atoms with E-state index in [0.29, 0.717) is 0 Å². The molecule has 0 aromatic carbocycles. The van der Waals surface area contributed by atoms with Crippen LogP contribution in [0.1, 0.15) is 6.42 Å². The summed E-state index contributed by atoms with van der Waals surface area (Å²) < 4.78 is 0. The van der Waals surface area contributed by atoms with Crippen molar-refractivity contribution >= 4 is 0 Å². The van der Waals surface area contributed by atoms with Gasteiger partial charge in [-0.25, -0.2) is 0 Å². The summed E-state index contributed by atoms with van der Waals surface area (Å²) in [6.45, 7) is -0.949. The SMILES string of the molecule is O=[N+]([O-])OC(CCO)(O[N+](=O)[O-])O[N+](=O)[O-]. The van der Waals surface area contributed by atoms with E-state index >= 15 is 0 Å². The van der Waals surface area contributed by atoms with E-state index in [4.69, 9.17) is 5.11 Å². The van der Waals surface area contributed by atoms with Crippen LogP contribution in [0.5, 0.6) is 0 Å². The minimum atomic E-state index is -3.23. The van der Waals surface area contributed by atoms with Crippen LogP contribution in [-0.4, -0.2) is 32.9 Å². The zero-order valence-corrected chi connectivity index (χ0v) is 7.38. The Morgan fingerprint density at radius 3 is 1.44 bits per heavy atom. The molecule has 0 heterocycles. The molecular formula is C3H5N3O10. The number of nitrogens with zero attached hydrogens (tertiary/aromatic N) is 3. The van der Waals surface area contributed by atoms with Gasteiger partial charge < -0.3 is 5.11 Å². The standard InChI is InChI=1S/C3H5N3O10/c7-2-1-3(14-4(8)9,15-5(10)11)16-6(12)13/h7H,1-2H2. The molecule has 0 rings (SSSR count). The normalized spacial score (nSPS) is 10.3. The smallest absolute Gasteiger partial charge is 0.396 e. The summed E-state index contributed by atoms with van der Waals surface area (Å²) in [5.74, 6) is -3.23. The first-order valence-corrected chi connectivity index (χ1v) is 3.43. The van der Waals surface area contributed by atoms with Crippen molar-refractivity contribution in [1.82, 2.24) is 0 Å². The average Bonchev–Trinajstić information content (AvgIpc) is 1.98. The fraction of sp³-hybridized carbons (Fsp3) is 1.00. The summed E-state index contributed by atoms with van der Waals surface area (Å²) in [7, 11) is 0.